The molecular weight excluding hydrogens is 270 g/mol. The quantitative estimate of drug-likeness (QED) is 0.319. The maximum absolute atomic E-state index is 12.2. The van der Waals surface area contributed by atoms with E-state index in [-0.39, 0.29) is 17.0 Å². The predicted octanol–water partition coefficient (Wildman–Crippen LogP) is 0.639. The predicted molar refractivity (Wildman–Crippen MR) is 77.5 cm³/mol. The van der Waals surface area contributed by atoms with Crippen LogP contribution in [0.25, 0.3) is 5.65 Å². The van der Waals surface area contributed by atoms with Crippen LogP contribution in [-0.2, 0) is 6.54 Å². The number of amidine groups is 1. The summed E-state index contributed by atoms with van der Waals surface area (Å²) in [6.45, 7) is 0.313. The van der Waals surface area contributed by atoms with Gasteiger partial charge in [0.1, 0.15) is 5.65 Å². The standard InChI is InChI=1S/C14H13N5O2/c15-13(17-21)11-4-3-7-19(14(11)20)9-10-8-18-6-2-1-5-12(18)16-10/h1-8,21H,9H2,(H2,15,17). The molecule has 3 N–H and O–H groups in total. The summed E-state index contributed by atoms with van der Waals surface area (Å²) in [4.78, 5) is 16.7. The second-order valence-electron chi connectivity index (χ2n) is 4.54. The van der Waals surface area contributed by atoms with E-state index in [2.05, 4.69) is 10.1 Å². The van der Waals surface area contributed by atoms with E-state index >= 15 is 0 Å². The lowest BCUT2D eigenvalue weighted by Crippen LogP contribution is -2.29. The van der Waals surface area contributed by atoms with Crippen LogP contribution in [0.4, 0.5) is 0 Å². The minimum absolute atomic E-state index is 0.156. The van der Waals surface area contributed by atoms with Crippen molar-refractivity contribution < 1.29 is 5.21 Å². The Morgan fingerprint density at radius 1 is 1.29 bits per heavy atom. The van der Waals surface area contributed by atoms with E-state index in [1.54, 1.807) is 12.3 Å². The van der Waals surface area contributed by atoms with Gasteiger partial charge in [0.2, 0.25) is 0 Å². The minimum atomic E-state index is -0.329. The van der Waals surface area contributed by atoms with Crippen LogP contribution in [0.5, 0.6) is 0 Å². The molecule has 106 valence electrons. The molecule has 0 aliphatic heterocycles. The van der Waals surface area contributed by atoms with Crippen molar-refractivity contribution in [3.05, 3.63) is 70.5 Å². The molecule has 21 heavy (non-hydrogen) atoms. The molecule has 0 fully saturated rings. The summed E-state index contributed by atoms with van der Waals surface area (Å²) in [7, 11) is 0. The number of hydrogen-bond acceptors (Lipinski definition) is 4. The van der Waals surface area contributed by atoms with E-state index in [9.17, 15) is 4.79 Å². The lowest BCUT2D eigenvalue weighted by Gasteiger charge is -2.05. The fraction of sp³-hybridized carbons (Fsp3) is 0.0714. The maximum atomic E-state index is 12.2. The molecule has 0 amide bonds. The Balaban J connectivity index is 2.00. The molecule has 3 aromatic heterocycles. The van der Waals surface area contributed by atoms with Crippen LogP contribution in [0.2, 0.25) is 0 Å². The number of fused-ring (bicyclic) bond motifs is 1. The van der Waals surface area contributed by atoms with Crippen molar-refractivity contribution >= 4 is 11.5 Å². The van der Waals surface area contributed by atoms with Gasteiger partial charge in [0.15, 0.2) is 5.84 Å². The van der Waals surface area contributed by atoms with Gasteiger partial charge in [-0.2, -0.15) is 0 Å². The highest BCUT2D eigenvalue weighted by atomic mass is 16.4. The second kappa shape index (κ2) is 5.12. The van der Waals surface area contributed by atoms with E-state index in [0.29, 0.717) is 6.54 Å². The highest BCUT2D eigenvalue weighted by Crippen LogP contribution is 2.05. The van der Waals surface area contributed by atoms with Crippen molar-refractivity contribution in [2.45, 2.75) is 6.54 Å². The number of pyridine rings is 2. The Morgan fingerprint density at radius 2 is 2.14 bits per heavy atom. The SMILES string of the molecule is N/C(=N/O)c1cccn(Cc2cn3ccccc3n2)c1=O. The molecule has 3 aromatic rings. The first-order valence-corrected chi connectivity index (χ1v) is 6.29. The van der Waals surface area contributed by atoms with Crippen molar-refractivity contribution in [1.82, 2.24) is 14.0 Å². The highest BCUT2D eigenvalue weighted by Gasteiger charge is 2.09. The first-order chi connectivity index (χ1) is 10.2. The van der Waals surface area contributed by atoms with Gasteiger partial charge < -0.3 is 19.9 Å². The van der Waals surface area contributed by atoms with Crippen LogP contribution < -0.4 is 11.3 Å². The lowest BCUT2D eigenvalue weighted by molar-refractivity contribution is 0.318. The fourth-order valence-electron chi connectivity index (χ4n) is 2.15. The zero-order chi connectivity index (χ0) is 14.8. The largest absolute Gasteiger partial charge is 0.409 e. The van der Waals surface area contributed by atoms with Crippen LogP contribution >= 0.6 is 0 Å². The van der Waals surface area contributed by atoms with E-state index in [1.165, 1.54) is 10.6 Å². The normalized spacial score (nSPS) is 11.9. The average molecular weight is 283 g/mol. The molecule has 0 saturated heterocycles. The third-order valence-corrected chi connectivity index (χ3v) is 3.15. The minimum Gasteiger partial charge on any atom is -0.409 e. The van der Waals surface area contributed by atoms with Gasteiger partial charge in [-0.3, -0.25) is 4.79 Å². The molecule has 0 bridgehead atoms. The van der Waals surface area contributed by atoms with Gasteiger partial charge in [0.05, 0.1) is 17.8 Å². The first-order valence-electron chi connectivity index (χ1n) is 6.29. The maximum Gasteiger partial charge on any atom is 0.262 e. The third-order valence-electron chi connectivity index (χ3n) is 3.15. The van der Waals surface area contributed by atoms with Gasteiger partial charge in [0.25, 0.3) is 5.56 Å². The number of nitrogens with zero attached hydrogens (tertiary/aromatic N) is 4. The number of nitrogens with two attached hydrogens (primary N) is 1. The topological polar surface area (TPSA) is 97.9 Å². The van der Waals surface area contributed by atoms with Crippen LogP contribution in [0.3, 0.4) is 0 Å². The second-order valence-corrected chi connectivity index (χ2v) is 4.54. The van der Waals surface area contributed by atoms with Crippen LogP contribution in [0, 0.1) is 0 Å². The van der Waals surface area contributed by atoms with Gasteiger partial charge in [0, 0.05) is 18.6 Å². The number of imidazole rings is 1. The summed E-state index contributed by atoms with van der Waals surface area (Å²) in [5, 5.41) is 11.6. The number of hydrogen-bond donors (Lipinski definition) is 2. The summed E-state index contributed by atoms with van der Waals surface area (Å²) < 4.78 is 3.35. The fourth-order valence-corrected chi connectivity index (χ4v) is 2.15. The van der Waals surface area contributed by atoms with Gasteiger partial charge in [-0.1, -0.05) is 11.2 Å². The third kappa shape index (κ3) is 2.36. The van der Waals surface area contributed by atoms with E-state index in [1.807, 2.05) is 35.0 Å². The van der Waals surface area contributed by atoms with Crippen LogP contribution in [-0.4, -0.2) is 25.0 Å². The van der Waals surface area contributed by atoms with Gasteiger partial charge in [-0.15, -0.1) is 0 Å². The summed E-state index contributed by atoms with van der Waals surface area (Å²) in [6.07, 6.45) is 5.39. The summed E-state index contributed by atoms with van der Waals surface area (Å²) in [6, 6.07) is 8.88. The molecular formula is C14H13N5O2. The lowest BCUT2D eigenvalue weighted by atomic mass is 10.2. The molecule has 0 spiro atoms. The van der Waals surface area contributed by atoms with Gasteiger partial charge in [-0.25, -0.2) is 4.98 Å². The van der Waals surface area contributed by atoms with Crippen molar-refractivity contribution in [3.63, 3.8) is 0 Å². The molecule has 7 heteroatoms. The Labute approximate surface area is 119 Å². The summed E-state index contributed by atoms with van der Waals surface area (Å²) in [5.41, 5.74) is 6.88. The average Bonchev–Trinajstić information content (AvgIpc) is 2.91. The summed E-state index contributed by atoms with van der Waals surface area (Å²) in [5.74, 6) is -0.204. The molecule has 3 rings (SSSR count). The van der Waals surface area contributed by atoms with Crippen LogP contribution in [0.1, 0.15) is 11.3 Å². The Hall–Kier alpha value is -3.09. The Kier molecular flexibility index (Phi) is 3.15. The van der Waals surface area contributed by atoms with Crippen molar-refractivity contribution in [2.75, 3.05) is 0 Å². The van der Waals surface area contributed by atoms with E-state index in [0.717, 1.165) is 11.3 Å². The Morgan fingerprint density at radius 3 is 2.90 bits per heavy atom. The van der Waals surface area contributed by atoms with Gasteiger partial charge >= 0.3 is 0 Å². The highest BCUT2D eigenvalue weighted by molar-refractivity contribution is 5.96. The molecule has 7 nitrogen and oxygen atoms in total. The van der Waals surface area contributed by atoms with Gasteiger partial charge in [-0.05, 0) is 24.3 Å². The number of aromatic nitrogens is 3. The van der Waals surface area contributed by atoms with Crippen molar-refractivity contribution in [3.8, 4) is 0 Å². The molecule has 0 radical (unpaired) electrons. The van der Waals surface area contributed by atoms with Crippen LogP contribution in [0.15, 0.2) is 58.9 Å². The molecule has 0 atom stereocenters. The zero-order valence-electron chi connectivity index (χ0n) is 11.0. The molecule has 0 aliphatic rings. The van der Waals surface area contributed by atoms with Crippen molar-refractivity contribution in [2.24, 2.45) is 10.9 Å². The van der Waals surface area contributed by atoms with E-state index < -0.39 is 0 Å². The van der Waals surface area contributed by atoms with E-state index in [4.69, 9.17) is 10.9 Å². The monoisotopic (exact) mass is 283 g/mol. The Bertz CT molecular complexity index is 845. The molecule has 0 aliphatic carbocycles. The molecule has 3 heterocycles. The number of oxime groups is 1. The zero-order valence-corrected chi connectivity index (χ0v) is 11.0. The first kappa shape index (κ1) is 12.9. The smallest absolute Gasteiger partial charge is 0.262 e. The summed E-state index contributed by atoms with van der Waals surface area (Å²) >= 11 is 0. The molecule has 0 unspecified atom stereocenters. The molecule has 0 aromatic carbocycles. The van der Waals surface area contributed by atoms with Crippen molar-refractivity contribution in [1.29, 1.82) is 0 Å². The number of rotatable bonds is 3. The molecule has 0 saturated carbocycles.